The smallest absolute Gasteiger partial charge is 0.241 e. The van der Waals surface area contributed by atoms with Crippen molar-refractivity contribution in [2.75, 3.05) is 4.90 Å². The summed E-state index contributed by atoms with van der Waals surface area (Å²) in [5.41, 5.74) is 1.45. The van der Waals surface area contributed by atoms with Crippen molar-refractivity contribution < 1.29 is 23.9 Å². The third-order valence-electron chi connectivity index (χ3n) is 7.44. The highest BCUT2D eigenvalue weighted by molar-refractivity contribution is 14.1. The first kappa shape index (κ1) is 22.3. The van der Waals surface area contributed by atoms with Crippen LogP contribution in [-0.4, -0.2) is 29.0 Å². The molecule has 3 aliphatic rings. The lowest BCUT2D eigenvalue weighted by atomic mass is 9.77. The molecule has 35 heavy (non-hydrogen) atoms. The molecule has 2 fully saturated rings. The van der Waals surface area contributed by atoms with E-state index in [2.05, 4.69) is 22.6 Å². The van der Waals surface area contributed by atoms with Crippen LogP contribution in [-0.2, 0) is 14.3 Å². The van der Waals surface area contributed by atoms with Crippen LogP contribution >= 0.6 is 22.6 Å². The molecule has 2 saturated heterocycles. The molecule has 2 heterocycles. The molecule has 6 rings (SSSR count). The number of hydrogen-bond acceptors (Lipinski definition) is 5. The van der Waals surface area contributed by atoms with Gasteiger partial charge in [-0.25, -0.2) is 4.90 Å². The fourth-order valence-corrected chi connectivity index (χ4v) is 6.19. The average molecular weight is 577 g/mol. The predicted molar refractivity (Wildman–Crippen MR) is 136 cm³/mol. The molecular weight excluding hydrogens is 557 g/mol. The van der Waals surface area contributed by atoms with E-state index in [1.165, 1.54) is 0 Å². The van der Waals surface area contributed by atoms with Gasteiger partial charge in [-0.15, -0.1) is 0 Å². The summed E-state index contributed by atoms with van der Waals surface area (Å²) in [6, 6.07) is 19.2. The van der Waals surface area contributed by atoms with Crippen LogP contribution in [0.3, 0.4) is 0 Å². The van der Waals surface area contributed by atoms with Gasteiger partial charge in [-0.1, -0.05) is 42.5 Å². The molecule has 174 valence electrons. The van der Waals surface area contributed by atoms with E-state index in [1.807, 2.05) is 38.1 Å². The Morgan fingerprint density at radius 1 is 0.800 bits per heavy atom. The van der Waals surface area contributed by atoms with Crippen molar-refractivity contribution in [3.05, 3.63) is 98.1 Å². The zero-order valence-electron chi connectivity index (χ0n) is 18.9. The Kier molecular flexibility index (Phi) is 4.88. The number of fused-ring (bicyclic) bond motifs is 3. The van der Waals surface area contributed by atoms with E-state index in [-0.39, 0.29) is 11.1 Å². The summed E-state index contributed by atoms with van der Waals surface area (Å²) in [6.07, 6.45) is -0.912. The first-order valence-electron chi connectivity index (χ1n) is 11.3. The van der Waals surface area contributed by atoms with Gasteiger partial charge in [0.2, 0.25) is 29.0 Å². The predicted octanol–water partition coefficient (Wildman–Crippen LogP) is 4.60. The van der Waals surface area contributed by atoms with Crippen LogP contribution in [0.25, 0.3) is 0 Å². The second-order valence-corrected chi connectivity index (χ2v) is 10.6. The summed E-state index contributed by atoms with van der Waals surface area (Å²) in [6.45, 7) is 3.86. The second kappa shape index (κ2) is 7.66. The van der Waals surface area contributed by atoms with E-state index in [0.29, 0.717) is 11.3 Å². The minimum absolute atomic E-state index is 0.226. The van der Waals surface area contributed by atoms with E-state index >= 15 is 0 Å². The molecule has 0 aromatic heterocycles. The number of ketones is 2. The SMILES string of the molecule is Cc1ccc(N2C(=O)C3C(c4cccc(I)c4)OC4(C(=O)c5ccccc5C4=O)C3C2=O)cc1C. The number of anilines is 1. The second-order valence-electron chi connectivity index (χ2n) is 9.32. The molecule has 7 heteroatoms. The minimum atomic E-state index is -2.05. The third-order valence-corrected chi connectivity index (χ3v) is 8.12. The van der Waals surface area contributed by atoms with Crippen LogP contribution in [0.5, 0.6) is 0 Å². The Morgan fingerprint density at radius 2 is 1.49 bits per heavy atom. The Morgan fingerprint density at radius 3 is 2.11 bits per heavy atom. The Balaban J connectivity index is 1.55. The number of amides is 2. The van der Waals surface area contributed by atoms with Crippen molar-refractivity contribution >= 4 is 51.7 Å². The molecule has 0 N–H and O–H groups in total. The zero-order valence-corrected chi connectivity index (χ0v) is 21.1. The van der Waals surface area contributed by atoms with Crippen molar-refractivity contribution in [1.82, 2.24) is 0 Å². The molecule has 1 spiro atoms. The third kappa shape index (κ3) is 2.91. The molecule has 3 atom stereocenters. The van der Waals surface area contributed by atoms with E-state index in [1.54, 1.807) is 42.5 Å². The van der Waals surface area contributed by atoms with Gasteiger partial charge in [0.05, 0.1) is 23.6 Å². The van der Waals surface area contributed by atoms with Gasteiger partial charge < -0.3 is 4.74 Å². The summed E-state index contributed by atoms with van der Waals surface area (Å²) in [7, 11) is 0. The van der Waals surface area contributed by atoms with Crippen LogP contribution in [0, 0.1) is 29.3 Å². The molecule has 6 nitrogen and oxygen atoms in total. The number of halogens is 1. The van der Waals surface area contributed by atoms with Crippen molar-refractivity contribution in [3.63, 3.8) is 0 Å². The van der Waals surface area contributed by atoms with Crippen LogP contribution in [0.1, 0.15) is 43.5 Å². The molecule has 3 aromatic carbocycles. The van der Waals surface area contributed by atoms with Crippen LogP contribution < -0.4 is 4.90 Å². The summed E-state index contributed by atoms with van der Waals surface area (Å²) in [5, 5.41) is 0. The van der Waals surface area contributed by atoms with Gasteiger partial charge in [-0.3, -0.25) is 19.2 Å². The Bertz CT molecular complexity index is 1440. The normalized spacial score (nSPS) is 24.4. The molecule has 0 radical (unpaired) electrons. The fraction of sp³-hybridized carbons (Fsp3) is 0.214. The van der Waals surface area contributed by atoms with E-state index in [9.17, 15) is 19.2 Å². The van der Waals surface area contributed by atoms with E-state index < -0.39 is 46.9 Å². The maximum Gasteiger partial charge on any atom is 0.241 e. The van der Waals surface area contributed by atoms with Crippen molar-refractivity contribution in [1.29, 1.82) is 0 Å². The van der Waals surface area contributed by atoms with Crippen molar-refractivity contribution in [2.24, 2.45) is 11.8 Å². The number of hydrogen-bond donors (Lipinski definition) is 0. The molecule has 0 saturated carbocycles. The number of carbonyl (C=O) groups is 4. The number of aryl methyl sites for hydroxylation is 2. The number of ether oxygens (including phenoxy) is 1. The molecular formula is C28H20INO5. The van der Waals surface area contributed by atoms with Crippen molar-refractivity contribution in [2.45, 2.75) is 25.6 Å². The number of carbonyl (C=O) groups excluding carboxylic acids is 4. The van der Waals surface area contributed by atoms with E-state index in [4.69, 9.17) is 4.74 Å². The highest BCUT2D eigenvalue weighted by atomic mass is 127. The van der Waals surface area contributed by atoms with Gasteiger partial charge in [0.25, 0.3) is 0 Å². The highest BCUT2D eigenvalue weighted by Gasteiger charge is 2.74. The summed E-state index contributed by atoms with van der Waals surface area (Å²) >= 11 is 2.16. The largest absolute Gasteiger partial charge is 0.349 e. The lowest BCUT2D eigenvalue weighted by Crippen LogP contribution is -2.51. The topological polar surface area (TPSA) is 80.8 Å². The summed E-state index contributed by atoms with van der Waals surface area (Å²) in [4.78, 5) is 56.6. The number of rotatable bonds is 2. The molecule has 3 unspecified atom stereocenters. The zero-order chi connectivity index (χ0) is 24.6. The maximum atomic E-state index is 14.0. The Hall–Kier alpha value is -3.17. The Labute approximate surface area is 215 Å². The standard InChI is InChI=1S/C28H20INO5/c1-14-10-11-18(12-15(14)2)30-26(33)21-22(27(30)34)28(35-23(21)16-6-5-7-17(29)13-16)24(31)19-8-3-4-9-20(19)25(28)32/h3-13,21-23H,1-2H3. The van der Waals surface area contributed by atoms with Gasteiger partial charge in [0.15, 0.2) is 0 Å². The van der Waals surface area contributed by atoms with Gasteiger partial charge in [-0.05, 0) is 77.4 Å². The van der Waals surface area contributed by atoms with Gasteiger partial charge >= 0.3 is 0 Å². The molecule has 2 amide bonds. The summed E-state index contributed by atoms with van der Waals surface area (Å²) in [5.74, 6) is -4.38. The molecule has 3 aromatic rings. The van der Waals surface area contributed by atoms with Crippen LogP contribution in [0.2, 0.25) is 0 Å². The minimum Gasteiger partial charge on any atom is -0.349 e. The number of imide groups is 1. The molecule has 0 bridgehead atoms. The summed E-state index contributed by atoms with van der Waals surface area (Å²) < 4.78 is 7.24. The lowest BCUT2D eigenvalue weighted by molar-refractivity contribution is -0.127. The number of benzene rings is 3. The number of nitrogens with zero attached hydrogens (tertiary/aromatic N) is 1. The van der Waals surface area contributed by atoms with Crippen molar-refractivity contribution in [3.8, 4) is 0 Å². The van der Waals surface area contributed by atoms with Gasteiger partial charge in [-0.2, -0.15) is 0 Å². The van der Waals surface area contributed by atoms with E-state index in [0.717, 1.165) is 19.6 Å². The maximum absolute atomic E-state index is 14.0. The number of Topliss-reactive ketones (excluding diaryl/α,β-unsaturated/α-hetero) is 2. The quantitative estimate of drug-likeness (QED) is 0.253. The molecule has 2 aliphatic heterocycles. The van der Waals surface area contributed by atoms with Crippen LogP contribution in [0.15, 0.2) is 66.7 Å². The first-order chi connectivity index (χ1) is 16.8. The van der Waals surface area contributed by atoms with Gasteiger partial charge in [0.1, 0.15) is 0 Å². The first-order valence-corrected chi connectivity index (χ1v) is 12.4. The average Bonchev–Trinajstić information content (AvgIpc) is 3.41. The monoisotopic (exact) mass is 577 g/mol. The van der Waals surface area contributed by atoms with Crippen LogP contribution in [0.4, 0.5) is 5.69 Å². The molecule has 1 aliphatic carbocycles. The lowest BCUT2D eigenvalue weighted by Gasteiger charge is -2.27. The highest BCUT2D eigenvalue weighted by Crippen LogP contribution is 2.57. The van der Waals surface area contributed by atoms with Gasteiger partial charge in [0, 0.05) is 14.7 Å². The fourth-order valence-electron chi connectivity index (χ4n) is 5.62.